The van der Waals surface area contributed by atoms with Crippen molar-refractivity contribution in [1.82, 2.24) is 0 Å². The molecule has 1 heterocycles. The van der Waals surface area contributed by atoms with Gasteiger partial charge < -0.3 is 4.74 Å². The molecule has 1 atom stereocenters. The van der Waals surface area contributed by atoms with Crippen molar-refractivity contribution in [3.63, 3.8) is 0 Å². The first-order valence-corrected chi connectivity index (χ1v) is 4.00. The Balaban J connectivity index is 2.22. The minimum atomic E-state index is -0.0292. The van der Waals surface area contributed by atoms with E-state index in [4.69, 9.17) is 4.74 Å². The largest absolute Gasteiger partial charge is 0.465 e. The Kier molecular flexibility index (Phi) is 2.27. The third kappa shape index (κ3) is 1.82. The first kappa shape index (κ1) is 6.80. The number of hydrogen-bond donors (Lipinski definition) is 0. The van der Waals surface area contributed by atoms with E-state index < -0.39 is 0 Å². The Morgan fingerprint density at radius 1 is 1.78 bits per heavy atom. The minimum Gasteiger partial charge on any atom is -0.465 e. The molecule has 9 heavy (non-hydrogen) atoms. The molecule has 3 heteroatoms. The van der Waals surface area contributed by atoms with Crippen LogP contribution in [-0.4, -0.2) is 22.8 Å². The monoisotopic (exact) mass is 142 g/mol. The molecule has 0 N–H and O–H groups in total. The van der Waals surface area contributed by atoms with Gasteiger partial charge in [-0.25, -0.2) is 0 Å². The van der Waals surface area contributed by atoms with Crippen LogP contribution < -0.4 is 0 Å². The van der Waals surface area contributed by atoms with Crippen LogP contribution in [0.25, 0.3) is 0 Å². The van der Waals surface area contributed by atoms with Gasteiger partial charge in [-0.1, -0.05) is 6.04 Å². The molecule has 2 nitrogen and oxygen atoms in total. The van der Waals surface area contributed by atoms with Gasteiger partial charge in [0.15, 0.2) is 0 Å². The smallest absolute Gasteiger partial charge is 0.306 e. The molecule has 50 valence electrons. The minimum absolute atomic E-state index is 0.0292. The molecule has 1 rings (SSSR count). The fraction of sp³-hybridized carbons (Fsp3) is 0.833. The van der Waals surface area contributed by atoms with Gasteiger partial charge in [0.25, 0.3) is 0 Å². The Bertz CT molecular complexity index is 114. The number of cyclic esters (lactones) is 1. The maximum Gasteiger partial charge on any atom is 0.306 e. The second kappa shape index (κ2) is 3.01. The van der Waals surface area contributed by atoms with Gasteiger partial charge in [0.2, 0.25) is 0 Å². The average molecular weight is 142 g/mol. The van der Waals surface area contributed by atoms with Crippen LogP contribution in [0.15, 0.2) is 0 Å². The summed E-state index contributed by atoms with van der Waals surface area (Å²) in [6.45, 7) is 0.646. The van der Waals surface area contributed by atoms with Crippen molar-refractivity contribution in [2.24, 2.45) is 5.92 Å². The lowest BCUT2D eigenvalue weighted by Crippen LogP contribution is -1.97. The maximum absolute atomic E-state index is 10.5. The van der Waals surface area contributed by atoms with Gasteiger partial charge in [-0.2, -0.15) is 0 Å². The molecule has 0 saturated carbocycles. The Labute approximate surface area is 58.0 Å². The van der Waals surface area contributed by atoms with Crippen LogP contribution in [0.3, 0.4) is 0 Å². The summed E-state index contributed by atoms with van der Waals surface area (Å²) in [4.78, 5) is 10.5. The summed E-state index contributed by atoms with van der Waals surface area (Å²) < 4.78 is 4.77. The van der Waals surface area contributed by atoms with Crippen LogP contribution in [0.2, 0.25) is 6.04 Å². The average Bonchev–Trinajstić information content (AvgIpc) is 2.17. The van der Waals surface area contributed by atoms with Crippen molar-refractivity contribution in [2.75, 3.05) is 6.61 Å². The first-order chi connectivity index (χ1) is 4.33. The Hall–Kier alpha value is -0.313. The van der Waals surface area contributed by atoms with E-state index in [0.717, 1.165) is 12.5 Å². The predicted octanol–water partition coefficient (Wildman–Crippen LogP) is 0.259. The molecule has 1 aliphatic heterocycles. The summed E-state index contributed by atoms with van der Waals surface area (Å²) in [6, 6.07) is 1.07. The van der Waals surface area contributed by atoms with Crippen LogP contribution >= 0.6 is 0 Å². The lowest BCUT2D eigenvalue weighted by molar-refractivity contribution is -0.137. The van der Waals surface area contributed by atoms with Crippen molar-refractivity contribution in [3.05, 3.63) is 0 Å². The number of carbonyl (C=O) groups excluding carboxylic acids is 1. The van der Waals surface area contributed by atoms with Gasteiger partial charge in [-0.05, 0) is 6.42 Å². The molecule has 1 unspecified atom stereocenters. The molecule has 0 aromatic carbocycles. The normalized spacial score (nSPS) is 26.3. The Morgan fingerprint density at radius 3 is 3.00 bits per heavy atom. The van der Waals surface area contributed by atoms with E-state index in [0.29, 0.717) is 18.9 Å². The summed E-state index contributed by atoms with van der Waals surface area (Å²) in [5, 5.41) is 0. The number of esters is 1. The SMILES string of the molecule is O=C1CC(CC[SiH])CO1. The van der Waals surface area contributed by atoms with Gasteiger partial charge in [0.1, 0.15) is 0 Å². The van der Waals surface area contributed by atoms with Crippen molar-refractivity contribution < 1.29 is 9.53 Å². The van der Waals surface area contributed by atoms with E-state index in [1.165, 1.54) is 0 Å². The topological polar surface area (TPSA) is 26.3 Å². The standard InChI is InChI=1S/C6H10O2Si/c7-6-3-5(1-2-9)4-8-6/h5,9H,1-4H2. The third-order valence-corrected chi connectivity index (χ3v) is 1.84. The van der Waals surface area contributed by atoms with E-state index in [-0.39, 0.29) is 5.97 Å². The zero-order valence-corrected chi connectivity index (χ0v) is 6.45. The highest BCUT2D eigenvalue weighted by Gasteiger charge is 2.21. The van der Waals surface area contributed by atoms with Gasteiger partial charge in [-0.15, -0.1) is 0 Å². The molecule has 0 aromatic rings. The van der Waals surface area contributed by atoms with Crippen LogP contribution in [0.1, 0.15) is 12.8 Å². The zero-order chi connectivity index (χ0) is 6.69. The summed E-state index contributed by atoms with van der Waals surface area (Å²) >= 11 is 0. The molecular weight excluding hydrogens is 132 g/mol. The molecule has 0 aliphatic carbocycles. The highest BCUT2D eigenvalue weighted by molar-refractivity contribution is 6.08. The molecular formula is C6H10O2Si. The quantitative estimate of drug-likeness (QED) is 0.408. The highest BCUT2D eigenvalue weighted by atomic mass is 28.1. The number of carbonyl (C=O) groups is 1. The van der Waals surface area contributed by atoms with Crippen LogP contribution in [0, 0.1) is 5.92 Å². The van der Waals surface area contributed by atoms with Crippen LogP contribution in [-0.2, 0) is 9.53 Å². The summed E-state index contributed by atoms with van der Waals surface area (Å²) in [7, 11) is 2.65. The molecule has 0 amide bonds. The molecule has 0 aromatic heterocycles. The number of hydrogen-bond acceptors (Lipinski definition) is 2. The van der Waals surface area contributed by atoms with Crippen molar-refractivity contribution in [2.45, 2.75) is 18.9 Å². The van der Waals surface area contributed by atoms with Gasteiger partial charge in [0.05, 0.1) is 13.0 Å². The third-order valence-electron chi connectivity index (χ3n) is 1.51. The molecule has 0 bridgehead atoms. The predicted molar refractivity (Wildman–Crippen MR) is 35.6 cm³/mol. The summed E-state index contributed by atoms with van der Waals surface area (Å²) in [6.07, 6.45) is 1.73. The fourth-order valence-electron chi connectivity index (χ4n) is 0.985. The van der Waals surface area contributed by atoms with Crippen LogP contribution in [0.4, 0.5) is 0 Å². The van der Waals surface area contributed by atoms with Crippen molar-refractivity contribution in [1.29, 1.82) is 0 Å². The van der Waals surface area contributed by atoms with E-state index in [1.54, 1.807) is 0 Å². The molecule has 1 saturated heterocycles. The van der Waals surface area contributed by atoms with Crippen molar-refractivity contribution in [3.8, 4) is 0 Å². The van der Waals surface area contributed by atoms with Gasteiger partial charge in [-0.3, -0.25) is 4.79 Å². The second-order valence-corrected chi connectivity index (χ2v) is 2.91. The molecule has 1 aliphatic rings. The molecule has 1 fully saturated rings. The highest BCUT2D eigenvalue weighted by Crippen LogP contribution is 2.18. The Morgan fingerprint density at radius 2 is 2.56 bits per heavy atom. The lowest BCUT2D eigenvalue weighted by Gasteiger charge is -1.99. The number of rotatable bonds is 2. The van der Waals surface area contributed by atoms with E-state index in [2.05, 4.69) is 10.2 Å². The van der Waals surface area contributed by atoms with Crippen LogP contribution in [0.5, 0.6) is 0 Å². The number of ether oxygens (including phenoxy) is 1. The summed E-state index contributed by atoms with van der Waals surface area (Å²) in [5.41, 5.74) is 0. The summed E-state index contributed by atoms with van der Waals surface area (Å²) in [5.74, 6) is 0.466. The van der Waals surface area contributed by atoms with Gasteiger partial charge in [0, 0.05) is 16.2 Å². The van der Waals surface area contributed by atoms with E-state index in [1.807, 2.05) is 0 Å². The van der Waals surface area contributed by atoms with Gasteiger partial charge >= 0.3 is 5.97 Å². The van der Waals surface area contributed by atoms with E-state index in [9.17, 15) is 4.79 Å². The molecule has 2 radical (unpaired) electrons. The van der Waals surface area contributed by atoms with Crippen molar-refractivity contribution >= 4 is 16.2 Å². The lowest BCUT2D eigenvalue weighted by atomic mass is 10.1. The second-order valence-electron chi connectivity index (χ2n) is 2.33. The first-order valence-electron chi connectivity index (χ1n) is 3.18. The molecule has 0 spiro atoms. The zero-order valence-electron chi connectivity index (χ0n) is 5.30. The maximum atomic E-state index is 10.5. The van der Waals surface area contributed by atoms with E-state index >= 15 is 0 Å². The fourth-order valence-corrected chi connectivity index (χ4v) is 1.46.